The van der Waals surface area contributed by atoms with Crippen LogP contribution < -0.4 is 10.6 Å². The molecule has 1 fully saturated rings. The molecule has 1 unspecified atom stereocenters. The fourth-order valence-electron chi connectivity index (χ4n) is 3.02. The number of aromatic nitrogens is 1. The SMILES string of the molecule is CCCNC(=O)c1ccc(NC(=O)N2CCC(c3nc(C)cs3)C2)cc1Cl. The van der Waals surface area contributed by atoms with Crippen molar-refractivity contribution >= 4 is 40.6 Å². The number of amides is 3. The number of aryl methyl sites for hydroxylation is 1. The minimum absolute atomic E-state index is 0.162. The third kappa shape index (κ3) is 4.78. The Labute approximate surface area is 167 Å². The van der Waals surface area contributed by atoms with Gasteiger partial charge in [-0.1, -0.05) is 18.5 Å². The predicted octanol–water partition coefficient (Wildman–Crippen LogP) is 4.27. The van der Waals surface area contributed by atoms with Crippen LogP contribution in [0.15, 0.2) is 23.6 Å². The molecule has 6 nitrogen and oxygen atoms in total. The second kappa shape index (κ2) is 8.71. The third-order valence-electron chi connectivity index (χ3n) is 4.46. The van der Waals surface area contributed by atoms with E-state index >= 15 is 0 Å². The van der Waals surface area contributed by atoms with E-state index in [9.17, 15) is 9.59 Å². The van der Waals surface area contributed by atoms with Gasteiger partial charge in [-0.2, -0.15) is 0 Å². The van der Waals surface area contributed by atoms with E-state index in [0.717, 1.165) is 23.5 Å². The lowest BCUT2D eigenvalue weighted by molar-refractivity contribution is 0.0954. The number of carbonyl (C=O) groups is 2. The molecule has 3 amide bonds. The number of anilines is 1. The molecule has 1 aliphatic rings. The van der Waals surface area contributed by atoms with Gasteiger partial charge in [-0.25, -0.2) is 9.78 Å². The lowest BCUT2D eigenvalue weighted by Crippen LogP contribution is -2.32. The van der Waals surface area contributed by atoms with E-state index in [1.54, 1.807) is 34.4 Å². The first-order valence-electron chi connectivity index (χ1n) is 9.03. The number of likely N-dealkylation sites (tertiary alicyclic amines) is 1. The van der Waals surface area contributed by atoms with Crippen molar-refractivity contribution in [3.63, 3.8) is 0 Å². The van der Waals surface area contributed by atoms with Crippen LogP contribution in [0.4, 0.5) is 10.5 Å². The Balaban J connectivity index is 1.59. The maximum absolute atomic E-state index is 12.5. The van der Waals surface area contributed by atoms with Crippen molar-refractivity contribution in [3.8, 4) is 0 Å². The van der Waals surface area contributed by atoms with Crippen molar-refractivity contribution in [2.75, 3.05) is 25.0 Å². The van der Waals surface area contributed by atoms with Gasteiger partial charge in [0.25, 0.3) is 5.91 Å². The van der Waals surface area contributed by atoms with Crippen LogP contribution >= 0.6 is 22.9 Å². The van der Waals surface area contributed by atoms with Crippen LogP contribution in [0.1, 0.15) is 46.7 Å². The number of benzene rings is 1. The molecule has 1 saturated heterocycles. The molecule has 1 aliphatic heterocycles. The first kappa shape index (κ1) is 19.6. The van der Waals surface area contributed by atoms with E-state index in [4.69, 9.17) is 11.6 Å². The van der Waals surface area contributed by atoms with Crippen LogP contribution in [-0.2, 0) is 0 Å². The average molecular weight is 407 g/mol. The molecule has 0 spiro atoms. The molecule has 0 bridgehead atoms. The van der Waals surface area contributed by atoms with E-state index in [-0.39, 0.29) is 11.9 Å². The van der Waals surface area contributed by atoms with Gasteiger partial charge in [-0.3, -0.25) is 4.79 Å². The molecule has 2 aromatic rings. The van der Waals surface area contributed by atoms with Crippen LogP contribution in [-0.4, -0.2) is 41.5 Å². The largest absolute Gasteiger partial charge is 0.352 e. The second-order valence-electron chi connectivity index (χ2n) is 6.64. The van der Waals surface area contributed by atoms with Gasteiger partial charge in [0.05, 0.1) is 15.6 Å². The van der Waals surface area contributed by atoms with Crippen LogP contribution in [0.5, 0.6) is 0 Å². The van der Waals surface area contributed by atoms with Gasteiger partial charge >= 0.3 is 6.03 Å². The standard InChI is InChI=1S/C19H23ClN4O2S/c1-3-7-21-17(25)15-5-4-14(9-16(15)20)23-19(26)24-8-6-13(10-24)18-22-12(2)11-27-18/h4-5,9,11,13H,3,6-8,10H2,1-2H3,(H,21,25)(H,23,26). The average Bonchev–Trinajstić information content (AvgIpc) is 3.28. The lowest BCUT2D eigenvalue weighted by Gasteiger charge is -2.17. The van der Waals surface area contributed by atoms with E-state index in [0.29, 0.717) is 41.8 Å². The molecule has 27 heavy (non-hydrogen) atoms. The van der Waals surface area contributed by atoms with Gasteiger partial charge in [-0.05, 0) is 38.0 Å². The zero-order valence-electron chi connectivity index (χ0n) is 15.4. The highest BCUT2D eigenvalue weighted by molar-refractivity contribution is 7.09. The number of urea groups is 1. The highest BCUT2D eigenvalue weighted by Crippen LogP contribution is 2.30. The number of hydrogen-bond acceptors (Lipinski definition) is 4. The molecule has 0 aliphatic carbocycles. The Bertz CT molecular complexity index is 839. The molecule has 1 atom stereocenters. The van der Waals surface area contributed by atoms with Crippen molar-refractivity contribution in [1.29, 1.82) is 0 Å². The summed E-state index contributed by atoms with van der Waals surface area (Å²) in [5.74, 6) is 0.0866. The fraction of sp³-hybridized carbons (Fsp3) is 0.421. The van der Waals surface area contributed by atoms with Gasteiger partial charge in [0, 0.05) is 42.3 Å². The zero-order chi connectivity index (χ0) is 19.4. The van der Waals surface area contributed by atoms with Gasteiger partial charge < -0.3 is 15.5 Å². The van der Waals surface area contributed by atoms with Crippen molar-refractivity contribution in [2.24, 2.45) is 0 Å². The monoisotopic (exact) mass is 406 g/mol. The Morgan fingerprint density at radius 2 is 2.22 bits per heavy atom. The molecule has 8 heteroatoms. The number of nitrogens with one attached hydrogen (secondary N) is 2. The molecule has 144 valence electrons. The van der Waals surface area contributed by atoms with Crippen LogP contribution in [0.25, 0.3) is 0 Å². The van der Waals surface area contributed by atoms with E-state index < -0.39 is 0 Å². The highest BCUT2D eigenvalue weighted by atomic mass is 35.5. The summed E-state index contributed by atoms with van der Waals surface area (Å²) in [6.07, 6.45) is 1.77. The Morgan fingerprint density at radius 1 is 1.41 bits per heavy atom. The Kier molecular flexibility index (Phi) is 6.34. The van der Waals surface area contributed by atoms with Gasteiger partial charge in [0.1, 0.15) is 0 Å². The summed E-state index contributed by atoms with van der Waals surface area (Å²) in [4.78, 5) is 30.9. The molecular formula is C19H23ClN4O2S. The Hall–Kier alpha value is -2.12. The van der Waals surface area contributed by atoms with E-state index in [1.807, 2.05) is 19.2 Å². The first-order valence-corrected chi connectivity index (χ1v) is 10.3. The summed E-state index contributed by atoms with van der Waals surface area (Å²) in [7, 11) is 0. The predicted molar refractivity (Wildman–Crippen MR) is 109 cm³/mol. The van der Waals surface area contributed by atoms with E-state index in [2.05, 4.69) is 15.6 Å². The number of hydrogen-bond donors (Lipinski definition) is 2. The van der Waals surface area contributed by atoms with Crippen molar-refractivity contribution < 1.29 is 9.59 Å². The summed E-state index contributed by atoms with van der Waals surface area (Å²) in [6, 6.07) is 4.78. The number of rotatable bonds is 5. The molecule has 2 N–H and O–H groups in total. The van der Waals surface area contributed by atoms with Crippen molar-refractivity contribution in [1.82, 2.24) is 15.2 Å². The summed E-state index contributed by atoms with van der Waals surface area (Å²) in [6.45, 7) is 5.92. The minimum atomic E-state index is -0.208. The maximum atomic E-state index is 12.5. The van der Waals surface area contributed by atoms with Gasteiger partial charge in [0.15, 0.2) is 0 Å². The second-order valence-corrected chi connectivity index (χ2v) is 7.94. The number of halogens is 1. The maximum Gasteiger partial charge on any atom is 0.321 e. The van der Waals surface area contributed by atoms with Gasteiger partial charge in [-0.15, -0.1) is 11.3 Å². The summed E-state index contributed by atoms with van der Waals surface area (Å²) in [5, 5.41) is 9.11. The summed E-state index contributed by atoms with van der Waals surface area (Å²) in [5.41, 5.74) is 2.00. The number of thiazole rings is 1. The van der Waals surface area contributed by atoms with Gasteiger partial charge in [0.2, 0.25) is 0 Å². The normalized spacial score (nSPS) is 16.4. The smallest absolute Gasteiger partial charge is 0.321 e. The summed E-state index contributed by atoms with van der Waals surface area (Å²) < 4.78 is 0. The molecule has 2 heterocycles. The lowest BCUT2D eigenvalue weighted by atomic mass is 10.1. The summed E-state index contributed by atoms with van der Waals surface area (Å²) >= 11 is 7.87. The molecule has 3 rings (SSSR count). The fourth-order valence-corrected chi connectivity index (χ4v) is 4.21. The molecule has 0 saturated carbocycles. The highest BCUT2D eigenvalue weighted by Gasteiger charge is 2.29. The zero-order valence-corrected chi connectivity index (χ0v) is 17.0. The third-order valence-corrected chi connectivity index (χ3v) is 5.90. The number of carbonyl (C=O) groups excluding carboxylic acids is 2. The van der Waals surface area contributed by atoms with Crippen LogP contribution in [0, 0.1) is 6.92 Å². The Morgan fingerprint density at radius 3 is 2.89 bits per heavy atom. The molecular weight excluding hydrogens is 384 g/mol. The first-order chi connectivity index (χ1) is 13.0. The van der Waals surface area contributed by atoms with Crippen molar-refractivity contribution in [2.45, 2.75) is 32.6 Å². The minimum Gasteiger partial charge on any atom is -0.352 e. The molecule has 0 radical (unpaired) electrons. The van der Waals surface area contributed by atoms with Crippen LogP contribution in [0.3, 0.4) is 0 Å². The quantitative estimate of drug-likeness (QED) is 0.778. The number of nitrogens with zero attached hydrogens (tertiary/aromatic N) is 2. The molecule has 1 aromatic heterocycles. The van der Waals surface area contributed by atoms with Crippen LogP contribution in [0.2, 0.25) is 5.02 Å². The van der Waals surface area contributed by atoms with E-state index in [1.165, 1.54) is 0 Å². The molecule has 1 aromatic carbocycles. The van der Waals surface area contributed by atoms with Crippen molar-refractivity contribution in [3.05, 3.63) is 44.9 Å². The topological polar surface area (TPSA) is 74.3 Å².